The first kappa shape index (κ1) is 13.3. The first-order valence-corrected chi connectivity index (χ1v) is 6.32. The Morgan fingerprint density at radius 1 is 1.47 bits per heavy atom. The van der Waals surface area contributed by atoms with E-state index in [1.54, 1.807) is 12.3 Å². The van der Waals surface area contributed by atoms with Crippen LogP contribution >= 0.6 is 0 Å². The molecule has 0 fully saturated rings. The number of H-pyrrole nitrogens is 1. The van der Waals surface area contributed by atoms with Crippen molar-refractivity contribution in [3.8, 4) is 0 Å². The van der Waals surface area contributed by atoms with Gasteiger partial charge in [0.1, 0.15) is 0 Å². The predicted molar refractivity (Wildman–Crippen MR) is 71.7 cm³/mol. The Labute approximate surface area is 112 Å². The Morgan fingerprint density at radius 2 is 2.26 bits per heavy atom. The predicted octanol–water partition coefficient (Wildman–Crippen LogP) is 0.661. The van der Waals surface area contributed by atoms with Crippen molar-refractivity contribution in [1.29, 1.82) is 0 Å². The lowest BCUT2D eigenvalue weighted by atomic mass is 10.1. The van der Waals surface area contributed by atoms with Crippen LogP contribution in [0.2, 0.25) is 0 Å². The van der Waals surface area contributed by atoms with E-state index >= 15 is 0 Å². The smallest absolute Gasteiger partial charge is 0.226 e. The van der Waals surface area contributed by atoms with E-state index in [1.165, 1.54) is 5.56 Å². The monoisotopic (exact) mass is 261 g/mol. The summed E-state index contributed by atoms with van der Waals surface area (Å²) in [7, 11) is 1.93. The normalized spacial score (nSPS) is 10.7. The van der Waals surface area contributed by atoms with E-state index in [4.69, 9.17) is 0 Å². The molecular weight excluding hydrogens is 242 g/mol. The van der Waals surface area contributed by atoms with Gasteiger partial charge >= 0.3 is 0 Å². The average Bonchev–Trinajstić information content (AvgIpc) is 2.93. The highest BCUT2D eigenvalue weighted by Gasteiger charge is 2.09. The standard InChI is InChI=1S/C13H19N5O/c1-9-12(10(2)18(3)17-9)5-6-14-13(19)8-11-4-7-15-16-11/h4,7H,5-6,8H2,1-3H3,(H,14,19)(H,15,16). The third-order valence-electron chi connectivity index (χ3n) is 3.27. The number of amides is 1. The summed E-state index contributed by atoms with van der Waals surface area (Å²) in [4.78, 5) is 11.7. The van der Waals surface area contributed by atoms with E-state index in [2.05, 4.69) is 20.6 Å². The summed E-state index contributed by atoms with van der Waals surface area (Å²) >= 11 is 0. The molecule has 0 aromatic carbocycles. The molecule has 0 aliphatic heterocycles. The molecule has 0 aliphatic rings. The molecule has 2 aromatic rings. The van der Waals surface area contributed by atoms with Crippen molar-refractivity contribution in [3.63, 3.8) is 0 Å². The summed E-state index contributed by atoms with van der Waals surface area (Å²) in [5.74, 6) is 0.00319. The number of aryl methyl sites for hydroxylation is 2. The molecule has 102 valence electrons. The minimum atomic E-state index is 0.00319. The molecule has 2 aromatic heterocycles. The molecule has 1 amide bonds. The zero-order valence-electron chi connectivity index (χ0n) is 11.5. The number of hydrogen-bond donors (Lipinski definition) is 2. The highest BCUT2D eigenvalue weighted by Crippen LogP contribution is 2.11. The van der Waals surface area contributed by atoms with Gasteiger partial charge < -0.3 is 5.32 Å². The van der Waals surface area contributed by atoms with Crippen molar-refractivity contribution in [1.82, 2.24) is 25.3 Å². The van der Waals surface area contributed by atoms with Crippen molar-refractivity contribution < 1.29 is 4.79 Å². The number of carbonyl (C=O) groups excluding carboxylic acids is 1. The third kappa shape index (κ3) is 3.21. The van der Waals surface area contributed by atoms with Gasteiger partial charge in [0.05, 0.1) is 12.1 Å². The molecular formula is C13H19N5O. The van der Waals surface area contributed by atoms with Crippen molar-refractivity contribution >= 4 is 5.91 Å². The maximum absolute atomic E-state index is 11.7. The second-order valence-electron chi connectivity index (χ2n) is 4.63. The topological polar surface area (TPSA) is 75.6 Å². The molecule has 0 saturated carbocycles. The van der Waals surface area contributed by atoms with Crippen LogP contribution in [0.5, 0.6) is 0 Å². The van der Waals surface area contributed by atoms with E-state index in [0.717, 1.165) is 23.5 Å². The van der Waals surface area contributed by atoms with Gasteiger partial charge in [-0.15, -0.1) is 0 Å². The first-order chi connectivity index (χ1) is 9.08. The largest absolute Gasteiger partial charge is 0.355 e. The van der Waals surface area contributed by atoms with Gasteiger partial charge in [-0.05, 0) is 31.9 Å². The minimum Gasteiger partial charge on any atom is -0.355 e. The molecule has 0 bridgehead atoms. The van der Waals surface area contributed by atoms with Crippen LogP contribution in [0.4, 0.5) is 0 Å². The third-order valence-corrected chi connectivity index (χ3v) is 3.27. The SMILES string of the molecule is Cc1nn(C)c(C)c1CCNC(=O)Cc1ccn[nH]1. The molecule has 6 nitrogen and oxygen atoms in total. The van der Waals surface area contributed by atoms with Crippen molar-refractivity contribution in [2.45, 2.75) is 26.7 Å². The molecule has 0 saturated heterocycles. The van der Waals surface area contributed by atoms with Crippen LogP contribution in [0.1, 0.15) is 22.6 Å². The maximum atomic E-state index is 11.7. The van der Waals surface area contributed by atoms with E-state index < -0.39 is 0 Å². The first-order valence-electron chi connectivity index (χ1n) is 6.32. The second-order valence-corrected chi connectivity index (χ2v) is 4.63. The summed E-state index contributed by atoms with van der Waals surface area (Å²) in [6.07, 6.45) is 2.79. The molecule has 19 heavy (non-hydrogen) atoms. The van der Waals surface area contributed by atoms with Crippen molar-refractivity contribution in [3.05, 3.63) is 34.9 Å². The van der Waals surface area contributed by atoms with Gasteiger partial charge in [0.15, 0.2) is 0 Å². The number of nitrogens with one attached hydrogen (secondary N) is 2. The quantitative estimate of drug-likeness (QED) is 0.830. The Kier molecular flexibility index (Phi) is 3.99. The highest BCUT2D eigenvalue weighted by molar-refractivity contribution is 5.78. The molecule has 0 unspecified atom stereocenters. The lowest BCUT2D eigenvalue weighted by Crippen LogP contribution is -2.27. The Hall–Kier alpha value is -2.11. The van der Waals surface area contributed by atoms with Gasteiger partial charge in [0.25, 0.3) is 0 Å². The molecule has 0 atom stereocenters. The summed E-state index contributed by atoms with van der Waals surface area (Å²) in [6.45, 7) is 4.66. The van der Waals surface area contributed by atoms with Gasteiger partial charge in [0, 0.05) is 31.2 Å². The lowest BCUT2D eigenvalue weighted by Gasteiger charge is -2.05. The summed E-state index contributed by atoms with van der Waals surface area (Å²) in [5, 5.41) is 13.9. The number of hydrogen-bond acceptors (Lipinski definition) is 3. The highest BCUT2D eigenvalue weighted by atomic mass is 16.1. The molecule has 6 heteroatoms. The lowest BCUT2D eigenvalue weighted by molar-refractivity contribution is -0.120. The van der Waals surface area contributed by atoms with Crippen molar-refractivity contribution in [2.24, 2.45) is 7.05 Å². The van der Waals surface area contributed by atoms with Gasteiger partial charge in [-0.1, -0.05) is 0 Å². The van der Waals surface area contributed by atoms with E-state index in [0.29, 0.717) is 13.0 Å². The van der Waals surface area contributed by atoms with Gasteiger partial charge in [-0.2, -0.15) is 10.2 Å². The Bertz CT molecular complexity index is 556. The van der Waals surface area contributed by atoms with Crippen LogP contribution in [-0.4, -0.2) is 32.4 Å². The fourth-order valence-electron chi connectivity index (χ4n) is 2.12. The van der Waals surface area contributed by atoms with Crippen LogP contribution in [0.25, 0.3) is 0 Å². The fourth-order valence-corrected chi connectivity index (χ4v) is 2.12. The van der Waals surface area contributed by atoms with Crippen LogP contribution < -0.4 is 5.32 Å². The van der Waals surface area contributed by atoms with Crippen LogP contribution in [-0.2, 0) is 24.7 Å². The number of aromatic amines is 1. The van der Waals surface area contributed by atoms with Crippen LogP contribution in [0.15, 0.2) is 12.3 Å². The number of rotatable bonds is 5. The molecule has 2 rings (SSSR count). The molecule has 0 aliphatic carbocycles. The van der Waals surface area contributed by atoms with Gasteiger partial charge in [-0.25, -0.2) is 0 Å². The number of nitrogens with zero attached hydrogens (tertiary/aromatic N) is 3. The Morgan fingerprint density at radius 3 is 2.84 bits per heavy atom. The second kappa shape index (κ2) is 5.69. The number of aromatic nitrogens is 4. The minimum absolute atomic E-state index is 0.00319. The van der Waals surface area contributed by atoms with Gasteiger partial charge in [0.2, 0.25) is 5.91 Å². The molecule has 0 spiro atoms. The Balaban J connectivity index is 1.81. The molecule has 0 radical (unpaired) electrons. The zero-order valence-corrected chi connectivity index (χ0v) is 11.5. The van der Waals surface area contributed by atoms with E-state index in [1.807, 2.05) is 25.6 Å². The molecule has 2 N–H and O–H groups in total. The van der Waals surface area contributed by atoms with Gasteiger partial charge in [-0.3, -0.25) is 14.6 Å². The molecule has 2 heterocycles. The van der Waals surface area contributed by atoms with Crippen LogP contribution in [0.3, 0.4) is 0 Å². The summed E-state index contributed by atoms with van der Waals surface area (Å²) in [6, 6.07) is 1.80. The zero-order chi connectivity index (χ0) is 13.8. The maximum Gasteiger partial charge on any atom is 0.226 e. The van der Waals surface area contributed by atoms with E-state index in [9.17, 15) is 4.79 Å². The van der Waals surface area contributed by atoms with Crippen molar-refractivity contribution in [2.75, 3.05) is 6.54 Å². The summed E-state index contributed by atoms with van der Waals surface area (Å²) < 4.78 is 1.87. The number of carbonyl (C=O) groups is 1. The average molecular weight is 261 g/mol. The fraction of sp³-hybridized carbons (Fsp3) is 0.462. The van der Waals surface area contributed by atoms with E-state index in [-0.39, 0.29) is 5.91 Å². The summed E-state index contributed by atoms with van der Waals surface area (Å²) in [5.41, 5.74) is 4.22. The van der Waals surface area contributed by atoms with Crippen LogP contribution in [0, 0.1) is 13.8 Å².